The summed E-state index contributed by atoms with van der Waals surface area (Å²) in [5.41, 5.74) is 0. The lowest BCUT2D eigenvalue weighted by molar-refractivity contribution is -0.121. The van der Waals surface area contributed by atoms with Crippen LogP contribution in [0, 0.1) is 17.8 Å². The standard InChI is InChI=1S/C12H20ClNO/c1-7(13)12(15)14-8(2)11-6-9-3-4-10(11)5-9/h7-11H,3-6H2,1-2H3,(H,14,15)/t7-,8-,9-,10-,11+/m0/s1. The highest BCUT2D eigenvalue weighted by molar-refractivity contribution is 6.30. The van der Waals surface area contributed by atoms with Crippen molar-refractivity contribution >= 4 is 17.5 Å². The van der Waals surface area contributed by atoms with Crippen molar-refractivity contribution in [1.29, 1.82) is 0 Å². The molecule has 2 fully saturated rings. The lowest BCUT2D eigenvalue weighted by Crippen LogP contribution is -2.42. The minimum atomic E-state index is -0.411. The van der Waals surface area contributed by atoms with Crippen LogP contribution in [-0.2, 0) is 4.79 Å². The van der Waals surface area contributed by atoms with Gasteiger partial charge < -0.3 is 5.32 Å². The van der Waals surface area contributed by atoms with Crippen LogP contribution < -0.4 is 5.32 Å². The summed E-state index contributed by atoms with van der Waals surface area (Å²) in [6, 6.07) is 0.300. The molecule has 0 spiro atoms. The van der Waals surface area contributed by atoms with Gasteiger partial charge in [0.2, 0.25) is 5.91 Å². The number of carbonyl (C=O) groups excluding carboxylic acids is 1. The molecule has 0 aromatic rings. The van der Waals surface area contributed by atoms with Crippen LogP contribution in [0.1, 0.15) is 39.5 Å². The first-order chi connectivity index (χ1) is 7.08. The van der Waals surface area contributed by atoms with Gasteiger partial charge in [-0.3, -0.25) is 4.79 Å². The number of alkyl halides is 1. The molecule has 0 heterocycles. The molecular weight excluding hydrogens is 210 g/mol. The topological polar surface area (TPSA) is 29.1 Å². The number of halogens is 1. The normalized spacial score (nSPS) is 37.7. The minimum absolute atomic E-state index is 0.0214. The Morgan fingerprint density at radius 3 is 2.53 bits per heavy atom. The monoisotopic (exact) mass is 229 g/mol. The van der Waals surface area contributed by atoms with Gasteiger partial charge in [0.1, 0.15) is 5.38 Å². The summed E-state index contributed by atoms with van der Waals surface area (Å²) in [4.78, 5) is 11.5. The molecule has 2 rings (SSSR count). The van der Waals surface area contributed by atoms with Crippen LogP contribution in [0.25, 0.3) is 0 Å². The molecule has 0 aromatic heterocycles. The van der Waals surface area contributed by atoms with Crippen LogP contribution in [0.15, 0.2) is 0 Å². The molecule has 2 saturated carbocycles. The zero-order valence-electron chi connectivity index (χ0n) is 9.50. The van der Waals surface area contributed by atoms with E-state index in [-0.39, 0.29) is 5.91 Å². The van der Waals surface area contributed by atoms with Crippen molar-refractivity contribution in [2.24, 2.45) is 17.8 Å². The molecule has 86 valence electrons. The largest absolute Gasteiger partial charge is 0.352 e. The molecular formula is C12H20ClNO. The molecule has 0 aliphatic heterocycles. The van der Waals surface area contributed by atoms with Gasteiger partial charge in [0.05, 0.1) is 0 Å². The van der Waals surface area contributed by atoms with E-state index >= 15 is 0 Å². The van der Waals surface area contributed by atoms with E-state index in [0.29, 0.717) is 12.0 Å². The third-order valence-electron chi connectivity index (χ3n) is 4.17. The molecule has 2 nitrogen and oxygen atoms in total. The van der Waals surface area contributed by atoms with Gasteiger partial charge in [-0.15, -0.1) is 11.6 Å². The molecule has 0 aromatic carbocycles. The molecule has 2 bridgehead atoms. The first kappa shape index (κ1) is 11.3. The number of fused-ring (bicyclic) bond motifs is 2. The SMILES string of the molecule is C[C@H](Cl)C(=O)N[C@@H](C)[C@H]1C[C@H]2CC[C@H]1C2. The van der Waals surface area contributed by atoms with Crippen LogP contribution in [0.5, 0.6) is 0 Å². The second kappa shape index (κ2) is 4.32. The minimum Gasteiger partial charge on any atom is -0.352 e. The smallest absolute Gasteiger partial charge is 0.237 e. The van der Waals surface area contributed by atoms with Crippen LogP contribution in [0.3, 0.4) is 0 Å². The van der Waals surface area contributed by atoms with Crippen LogP contribution in [0.4, 0.5) is 0 Å². The van der Waals surface area contributed by atoms with E-state index in [2.05, 4.69) is 12.2 Å². The lowest BCUT2D eigenvalue weighted by Gasteiger charge is -2.28. The summed E-state index contributed by atoms with van der Waals surface area (Å²) >= 11 is 5.75. The number of rotatable bonds is 3. The summed E-state index contributed by atoms with van der Waals surface area (Å²) in [6.45, 7) is 3.85. The van der Waals surface area contributed by atoms with E-state index < -0.39 is 5.38 Å². The Morgan fingerprint density at radius 2 is 2.07 bits per heavy atom. The van der Waals surface area contributed by atoms with Gasteiger partial charge in [0.25, 0.3) is 0 Å². The number of amides is 1. The molecule has 0 saturated heterocycles. The summed E-state index contributed by atoms with van der Waals surface area (Å²) < 4.78 is 0. The van der Waals surface area contributed by atoms with Gasteiger partial charge in [-0.05, 0) is 50.9 Å². The predicted molar refractivity (Wildman–Crippen MR) is 61.9 cm³/mol. The number of hydrogen-bond acceptors (Lipinski definition) is 1. The number of carbonyl (C=O) groups is 1. The Kier molecular flexibility index (Phi) is 3.24. The van der Waals surface area contributed by atoms with E-state index in [1.54, 1.807) is 6.92 Å². The molecule has 15 heavy (non-hydrogen) atoms. The van der Waals surface area contributed by atoms with E-state index in [1.165, 1.54) is 25.7 Å². The van der Waals surface area contributed by atoms with Crippen molar-refractivity contribution in [3.8, 4) is 0 Å². The van der Waals surface area contributed by atoms with Gasteiger partial charge in [-0.1, -0.05) is 6.42 Å². The average Bonchev–Trinajstić information content (AvgIpc) is 2.78. The maximum atomic E-state index is 11.5. The van der Waals surface area contributed by atoms with Crippen molar-refractivity contribution in [2.45, 2.75) is 50.9 Å². The summed E-state index contributed by atoms with van der Waals surface area (Å²) in [5, 5.41) is 2.62. The van der Waals surface area contributed by atoms with Crippen molar-refractivity contribution < 1.29 is 4.79 Å². The maximum absolute atomic E-state index is 11.5. The highest BCUT2D eigenvalue weighted by atomic mass is 35.5. The molecule has 3 heteroatoms. The maximum Gasteiger partial charge on any atom is 0.237 e. The highest BCUT2D eigenvalue weighted by Gasteiger charge is 2.42. The Hall–Kier alpha value is -0.240. The Labute approximate surface area is 96.8 Å². The fourth-order valence-electron chi connectivity index (χ4n) is 3.35. The Balaban J connectivity index is 1.86. The van der Waals surface area contributed by atoms with Crippen LogP contribution in [-0.4, -0.2) is 17.3 Å². The Bertz CT molecular complexity index is 254. The summed E-state index contributed by atoms with van der Waals surface area (Å²) in [6.07, 6.45) is 5.48. The molecule has 5 atom stereocenters. The van der Waals surface area contributed by atoms with Crippen molar-refractivity contribution in [3.63, 3.8) is 0 Å². The van der Waals surface area contributed by atoms with Gasteiger partial charge in [-0.25, -0.2) is 0 Å². The number of hydrogen-bond donors (Lipinski definition) is 1. The first-order valence-corrected chi connectivity index (χ1v) is 6.46. The van der Waals surface area contributed by atoms with Crippen LogP contribution in [0.2, 0.25) is 0 Å². The fraction of sp³-hybridized carbons (Fsp3) is 0.917. The van der Waals surface area contributed by atoms with E-state index in [1.807, 2.05) is 0 Å². The third kappa shape index (κ3) is 2.30. The molecule has 2 aliphatic rings. The zero-order valence-corrected chi connectivity index (χ0v) is 10.3. The van der Waals surface area contributed by atoms with Gasteiger partial charge >= 0.3 is 0 Å². The first-order valence-electron chi connectivity index (χ1n) is 6.02. The molecule has 1 amide bonds. The van der Waals surface area contributed by atoms with Gasteiger partial charge in [0, 0.05) is 6.04 Å². The second-order valence-electron chi connectivity index (χ2n) is 5.25. The van der Waals surface area contributed by atoms with E-state index in [0.717, 1.165) is 11.8 Å². The lowest BCUT2D eigenvalue weighted by atomic mass is 9.84. The number of nitrogens with one attached hydrogen (secondary N) is 1. The average molecular weight is 230 g/mol. The Morgan fingerprint density at radius 1 is 1.33 bits per heavy atom. The van der Waals surface area contributed by atoms with Crippen molar-refractivity contribution in [1.82, 2.24) is 5.32 Å². The summed E-state index contributed by atoms with van der Waals surface area (Å²) in [5.74, 6) is 2.47. The van der Waals surface area contributed by atoms with Crippen molar-refractivity contribution in [2.75, 3.05) is 0 Å². The van der Waals surface area contributed by atoms with Crippen LogP contribution >= 0.6 is 11.6 Å². The highest BCUT2D eigenvalue weighted by Crippen LogP contribution is 2.49. The van der Waals surface area contributed by atoms with Gasteiger partial charge in [-0.2, -0.15) is 0 Å². The fourth-order valence-corrected chi connectivity index (χ4v) is 3.42. The quantitative estimate of drug-likeness (QED) is 0.741. The molecule has 1 N–H and O–H groups in total. The molecule has 2 aliphatic carbocycles. The molecule has 0 unspecified atom stereocenters. The predicted octanol–water partition coefficient (Wildman–Crippen LogP) is 2.55. The van der Waals surface area contributed by atoms with E-state index in [4.69, 9.17) is 11.6 Å². The summed E-state index contributed by atoms with van der Waals surface area (Å²) in [7, 11) is 0. The third-order valence-corrected chi connectivity index (χ3v) is 4.36. The van der Waals surface area contributed by atoms with Crippen molar-refractivity contribution in [3.05, 3.63) is 0 Å². The molecule has 0 radical (unpaired) electrons. The zero-order chi connectivity index (χ0) is 11.0. The van der Waals surface area contributed by atoms with E-state index in [9.17, 15) is 4.79 Å². The van der Waals surface area contributed by atoms with Gasteiger partial charge in [0.15, 0.2) is 0 Å². The second-order valence-corrected chi connectivity index (χ2v) is 5.91.